The van der Waals surface area contributed by atoms with Crippen LogP contribution >= 0.6 is 0 Å². The van der Waals surface area contributed by atoms with Crippen molar-refractivity contribution < 1.29 is 19.8 Å². The predicted octanol–water partition coefficient (Wildman–Crippen LogP) is 5.28. The van der Waals surface area contributed by atoms with Gasteiger partial charge >= 0.3 is 11.9 Å². The fourth-order valence-corrected chi connectivity index (χ4v) is 5.71. The molecule has 0 radical (unpaired) electrons. The number of carboxylic acids is 2. The van der Waals surface area contributed by atoms with Gasteiger partial charge in [0, 0.05) is 0 Å². The van der Waals surface area contributed by atoms with E-state index in [-0.39, 0.29) is 0 Å². The number of benzene rings is 4. The van der Waals surface area contributed by atoms with Gasteiger partial charge in [-0.15, -0.1) is 0 Å². The quantitative estimate of drug-likeness (QED) is 0.372. The molecular formula is C29H20O4. The van der Waals surface area contributed by atoms with Crippen LogP contribution in [0.2, 0.25) is 0 Å². The maximum absolute atomic E-state index is 13.0. The molecule has 4 heteroatoms. The van der Waals surface area contributed by atoms with Crippen molar-refractivity contribution in [2.75, 3.05) is 0 Å². The summed E-state index contributed by atoms with van der Waals surface area (Å²) in [7, 11) is 0. The number of carboxylic acid groups (broad SMARTS) is 2. The van der Waals surface area contributed by atoms with Crippen molar-refractivity contribution in [2.45, 2.75) is 18.3 Å². The number of rotatable bonds is 4. The number of hydrogen-bond acceptors (Lipinski definition) is 2. The Kier molecular flexibility index (Phi) is 4.08. The van der Waals surface area contributed by atoms with Gasteiger partial charge in [-0.1, -0.05) is 84.9 Å². The van der Waals surface area contributed by atoms with Crippen LogP contribution in [0, 0.1) is 0 Å². The molecule has 4 nitrogen and oxygen atoms in total. The minimum absolute atomic E-state index is 0.334. The van der Waals surface area contributed by atoms with Crippen molar-refractivity contribution in [1.29, 1.82) is 0 Å². The maximum Gasteiger partial charge on any atom is 0.330 e. The fourth-order valence-electron chi connectivity index (χ4n) is 5.71. The van der Waals surface area contributed by atoms with E-state index < -0.39 is 17.4 Å². The van der Waals surface area contributed by atoms with Crippen molar-refractivity contribution in [2.24, 2.45) is 0 Å². The zero-order valence-corrected chi connectivity index (χ0v) is 17.7. The van der Waals surface area contributed by atoms with E-state index in [0.29, 0.717) is 24.0 Å². The van der Waals surface area contributed by atoms with Crippen LogP contribution in [-0.2, 0) is 27.8 Å². The molecule has 0 aliphatic heterocycles. The SMILES string of the molecule is O=C(O)C(C(=O)O)(c1cccc2c1Cc1ccccc1-2)c1cccc2c1Cc1ccccc1-2. The van der Waals surface area contributed by atoms with Gasteiger partial charge in [0.2, 0.25) is 5.41 Å². The first kappa shape index (κ1) is 19.5. The third kappa shape index (κ3) is 2.52. The summed E-state index contributed by atoms with van der Waals surface area (Å²) in [5, 5.41) is 21.2. The molecule has 0 unspecified atom stereocenters. The summed E-state index contributed by atoms with van der Waals surface area (Å²) in [6.07, 6.45) is 1.03. The van der Waals surface area contributed by atoms with Crippen LogP contribution in [0.3, 0.4) is 0 Å². The largest absolute Gasteiger partial charge is 0.480 e. The molecule has 2 N–H and O–H groups in total. The van der Waals surface area contributed by atoms with Gasteiger partial charge in [0.05, 0.1) is 0 Å². The Hall–Kier alpha value is -4.18. The van der Waals surface area contributed by atoms with Crippen molar-refractivity contribution in [3.8, 4) is 22.3 Å². The van der Waals surface area contributed by atoms with Gasteiger partial charge < -0.3 is 10.2 Å². The third-order valence-corrected chi connectivity index (χ3v) is 7.15. The van der Waals surface area contributed by atoms with Crippen LogP contribution in [0.25, 0.3) is 22.3 Å². The molecule has 33 heavy (non-hydrogen) atoms. The Morgan fingerprint density at radius 1 is 0.545 bits per heavy atom. The molecular weight excluding hydrogens is 412 g/mol. The lowest BCUT2D eigenvalue weighted by Gasteiger charge is -2.30. The number of aliphatic carboxylic acids is 2. The van der Waals surface area contributed by atoms with Crippen LogP contribution in [0.5, 0.6) is 0 Å². The summed E-state index contributed by atoms with van der Waals surface area (Å²) >= 11 is 0. The van der Waals surface area contributed by atoms with E-state index in [1.54, 1.807) is 24.3 Å². The van der Waals surface area contributed by atoms with E-state index in [0.717, 1.165) is 44.5 Å². The lowest BCUT2D eigenvalue weighted by molar-refractivity contribution is -0.155. The van der Waals surface area contributed by atoms with Crippen LogP contribution in [0.15, 0.2) is 84.9 Å². The van der Waals surface area contributed by atoms with Crippen molar-refractivity contribution in [3.63, 3.8) is 0 Å². The topological polar surface area (TPSA) is 74.6 Å². The van der Waals surface area contributed by atoms with Gasteiger partial charge in [-0.2, -0.15) is 0 Å². The summed E-state index contributed by atoms with van der Waals surface area (Å²) in [4.78, 5) is 26.1. The van der Waals surface area contributed by atoms with Gasteiger partial charge in [0.15, 0.2) is 0 Å². The molecule has 4 aromatic carbocycles. The first-order valence-electron chi connectivity index (χ1n) is 10.9. The second-order valence-electron chi connectivity index (χ2n) is 8.69. The third-order valence-electron chi connectivity index (χ3n) is 7.15. The van der Waals surface area contributed by atoms with Gasteiger partial charge in [-0.3, -0.25) is 9.59 Å². The smallest absolute Gasteiger partial charge is 0.330 e. The summed E-state index contributed by atoms with van der Waals surface area (Å²) in [5.41, 5.74) is 6.05. The second kappa shape index (κ2) is 6.91. The summed E-state index contributed by atoms with van der Waals surface area (Å²) < 4.78 is 0. The molecule has 0 aromatic heterocycles. The van der Waals surface area contributed by atoms with E-state index in [9.17, 15) is 19.8 Å². The fraction of sp³-hybridized carbons (Fsp3) is 0.103. The molecule has 0 saturated carbocycles. The predicted molar refractivity (Wildman–Crippen MR) is 125 cm³/mol. The van der Waals surface area contributed by atoms with Crippen molar-refractivity contribution >= 4 is 11.9 Å². The first-order valence-corrected chi connectivity index (χ1v) is 10.9. The van der Waals surface area contributed by atoms with E-state index in [1.165, 1.54) is 0 Å². The molecule has 0 amide bonds. The Morgan fingerprint density at radius 3 is 1.36 bits per heavy atom. The maximum atomic E-state index is 13.0. The Bertz CT molecular complexity index is 1370. The molecule has 2 aliphatic carbocycles. The van der Waals surface area contributed by atoms with Gasteiger partial charge in [0.25, 0.3) is 0 Å². The monoisotopic (exact) mass is 432 g/mol. The molecule has 4 aromatic rings. The standard InChI is InChI=1S/C29H20O4/c30-27(31)29(28(32)33,25-13-5-11-21-19-9-3-1-7-17(19)15-23(21)25)26-14-6-12-22-20-10-4-2-8-18(20)16-24(22)26/h1-14H,15-16H2,(H,30,31)(H,32,33). The van der Waals surface area contributed by atoms with Crippen LogP contribution in [0.1, 0.15) is 33.4 Å². The van der Waals surface area contributed by atoms with E-state index in [1.807, 2.05) is 60.7 Å². The molecule has 6 rings (SSSR count). The van der Waals surface area contributed by atoms with Gasteiger partial charge in [0.1, 0.15) is 0 Å². The molecule has 160 valence electrons. The molecule has 0 atom stereocenters. The highest BCUT2D eigenvalue weighted by atomic mass is 16.4. The lowest BCUT2D eigenvalue weighted by Crippen LogP contribution is -2.46. The zero-order valence-electron chi connectivity index (χ0n) is 17.7. The number of fused-ring (bicyclic) bond motifs is 6. The summed E-state index contributed by atoms with van der Waals surface area (Å²) in [6, 6.07) is 26.6. The molecule has 0 bridgehead atoms. The highest BCUT2D eigenvalue weighted by Gasteiger charge is 2.53. The van der Waals surface area contributed by atoms with Crippen LogP contribution in [0.4, 0.5) is 0 Å². The second-order valence-corrected chi connectivity index (χ2v) is 8.69. The van der Waals surface area contributed by atoms with E-state index in [4.69, 9.17) is 0 Å². The summed E-state index contributed by atoms with van der Waals surface area (Å²) in [5.74, 6) is -2.74. The molecule has 0 fully saturated rings. The molecule has 0 saturated heterocycles. The highest BCUT2D eigenvalue weighted by molar-refractivity contribution is 6.10. The summed E-state index contributed by atoms with van der Waals surface area (Å²) in [6.45, 7) is 0. The van der Waals surface area contributed by atoms with Crippen molar-refractivity contribution in [3.05, 3.63) is 118 Å². The first-order chi connectivity index (χ1) is 16.0. The molecule has 0 heterocycles. The Balaban J connectivity index is 1.65. The zero-order chi connectivity index (χ0) is 22.7. The number of hydrogen-bond donors (Lipinski definition) is 2. The van der Waals surface area contributed by atoms with Crippen LogP contribution in [-0.4, -0.2) is 22.2 Å². The van der Waals surface area contributed by atoms with Gasteiger partial charge in [-0.25, -0.2) is 0 Å². The van der Waals surface area contributed by atoms with Crippen LogP contribution < -0.4 is 0 Å². The lowest BCUT2D eigenvalue weighted by atomic mass is 9.70. The molecule has 0 spiro atoms. The Labute approximate surface area is 190 Å². The average Bonchev–Trinajstić information content (AvgIpc) is 3.38. The van der Waals surface area contributed by atoms with E-state index in [2.05, 4.69) is 0 Å². The Morgan fingerprint density at radius 2 is 0.939 bits per heavy atom. The highest BCUT2D eigenvalue weighted by Crippen LogP contribution is 2.48. The minimum atomic E-state index is -2.21. The van der Waals surface area contributed by atoms with Crippen molar-refractivity contribution in [1.82, 2.24) is 0 Å². The molecule has 2 aliphatic rings. The number of carbonyl (C=O) groups is 2. The average molecular weight is 432 g/mol. The van der Waals surface area contributed by atoms with E-state index >= 15 is 0 Å². The minimum Gasteiger partial charge on any atom is -0.480 e. The normalized spacial score (nSPS) is 13.1. The van der Waals surface area contributed by atoms with Gasteiger partial charge in [-0.05, 0) is 68.5 Å².